The van der Waals surface area contributed by atoms with Crippen molar-refractivity contribution in [2.24, 2.45) is 5.41 Å². The molecule has 0 saturated heterocycles. The molecule has 4 aromatic rings. The van der Waals surface area contributed by atoms with Gasteiger partial charge in [0.2, 0.25) is 0 Å². The molecule has 34 heavy (non-hydrogen) atoms. The molecule has 0 spiro atoms. The summed E-state index contributed by atoms with van der Waals surface area (Å²) in [5.74, 6) is 0. The Bertz CT molecular complexity index is 1560. The van der Waals surface area contributed by atoms with E-state index >= 15 is 0 Å². The predicted octanol–water partition coefficient (Wildman–Crippen LogP) is 10.2. The van der Waals surface area contributed by atoms with Crippen LogP contribution in [0.3, 0.4) is 0 Å². The Morgan fingerprint density at radius 1 is 0.735 bits per heavy atom. The average molecular weight is 508 g/mol. The van der Waals surface area contributed by atoms with E-state index in [1.165, 1.54) is 59.4 Å². The Morgan fingerprint density at radius 3 is 2.29 bits per heavy atom. The minimum atomic E-state index is 0.117. The van der Waals surface area contributed by atoms with Gasteiger partial charge in [0.05, 0.1) is 0 Å². The van der Waals surface area contributed by atoms with E-state index in [4.69, 9.17) is 0 Å². The minimum absolute atomic E-state index is 0.117. The molecule has 0 unspecified atom stereocenters. The summed E-state index contributed by atoms with van der Waals surface area (Å²) in [6.07, 6.45) is 7.10. The van der Waals surface area contributed by atoms with E-state index in [2.05, 4.69) is 123 Å². The molecule has 6 rings (SSSR count). The van der Waals surface area contributed by atoms with Crippen LogP contribution in [0.25, 0.3) is 38.2 Å². The van der Waals surface area contributed by atoms with E-state index < -0.39 is 0 Å². The molecule has 2 aliphatic rings. The van der Waals surface area contributed by atoms with Crippen LogP contribution in [0, 0.1) is 12.3 Å². The molecule has 0 aromatic heterocycles. The number of benzene rings is 4. The Hall–Kier alpha value is -2.64. The number of aryl methyl sites for hydroxylation is 1. The maximum absolute atomic E-state index is 3.93. The van der Waals surface area contributed by atoms with Gasteiger partial charge in [0, 0.05) is 4.47 Å². The Labute approximate surface area is 211 Å². The zero-order valence-electron chi connectivity index (χ0n) is 20.7. The monoisotopic (exact) mass is 506 g/mol. The maximum Gasteiger partial charge on any atom is 0.0332 e. The molecule has 0 radical (unpaired) electrons. The number of rotatable bonds is 1. The number of allylic oxidation sites excluding steroid dienone is 4. The Balaban J connectivity index is 1.57. The van der Waals surface area contributed by atoms with Crippen LogP contribution < -0.4 is 0 Å². The topological polar surface area (TPSA) is 0 Å². The predicted molar refractivity (Wildman–Crippen MR) is 151 cm³/mol. The highest BCUT2D eigenvalue weighted by Gasteiger charge is 2.36. The molecule has 4 aromatic carbocycles. The fraction of sp³-hybridized carbons (Fsp3) is 0.273. The van der Waals surface area contributed by atoms with Gasteiger partial charge in [-0.25, -0.2) is 0 Å². The molecular formula is C33H31Br. The molecule has 0 bridgehead atoms. The molecule has 0 amide bonds. The van der Waals surface area contributed by atoms with Crippen molar-refractivity contribution in [2.75, 3.05) is 0 Å². The van der Waals surface area contributed by atoms with E-state index in [0.717, 1.165) is 12.8 Å². The molecule has 1 heteroatoms. The molecule has 2 aliphatic carbocycles. The fourth-order valence-corrected chi connectivity index (χ4v) is 7.06. The lowest BCUT2D eigenvalue weighted by molar-refractivity contribution is 0.429. The lowest BCUT2D eigenvalue weighted by Crippen LogP contribution is -2.27. The first-order chi connectivity index (χ1) is 16.1. The van der Waals surface area contributed by atoms with Crippen LogP contribution in [-0.4, -0.2) is 0 Å². The molecule has 0 N–H and O–H groups in total. The van der Waals surface area contributed by atoms with Gasteiger partial charge >= 0.3 is 0 Å². The van der Waals surface area contributed by atoms with E-state index in [9.17, 15) is 0 Å². The molecule has 0 fully saturated rings. The molecule has 0 heterocycles. The molecule has 170 valence electrons. The third kappa shape index (κ3) is 3.32. The summed E-state index contributed by atoms with van der Waals surface area (Å²) in [4.78, 5) is 0. The second-order valence-corrected chi connectivity index (χ2v) is 12.4. The lowest BCUT2D eigenvalue weighted by Gasteiger charge is -2.40. The summed E-state index contributed by atoms with van der Waals surface area (Å²) >= 11 is 3.93. The quantitative estimate of drug-likeness (QED) is 0.240. The second kappa shape index (κ2) is 7.43. The van der Waals surface area contributed by atoms with Crippen molar-refractivity contribution in [3.8, 4) is 11.1 Å². The lowest BCUT2D eigenvalue weighted by atomic mass is 9.64. The summed E-state index contributed by atoms with van der Waals surface area (Å²) in [6, 6.07) is 22.6. The minimum Gasteiger partial charge on any atom is -0.0779 e. The summed E-state index contributed by atoms with van der Waals surface area (Å²) in [7, 11) is 0. The van der Waals surface area contributed by atoms with Gasteiger partial charge in [0.25, 0.3) is 0 Å². The van der Waals surface area contributed by atoms with Crippen molar-refractivity contribution in [3.63, 3.8) is 0 Å². The number of halogens is 1. The van der Waals surface area contributed by atoms with Gasteiger partial charge in [0.15, 0.2) is 0 Å². The summed E-state index contributed by atoms with van der Waals surface area (Å²) in [5.41, 5.74) is 10.3. The van der Waals surface area contributed by atoms with Crippen LogP contribution in [0.2, 0.25) is 0 Å². The van der Waals surface area contributed by atoms with E-state index in [0.29, 0.717) is 0 Å². The van der Waals surface area contributed by atoms with Crippen LogP contribution in [0.15, 0.2) is 82.9 Å². The van der Waals surface area contributed by atoms with Crippen LogP contribution >= 0.6 is 15.9 Å². The van der Waals surface area contributed by atoms with Crippen molar-refractivity contribution >= 4 is 43.0 Å². The van der Waals surface area contributed by atoms with Crippen molar-refractivity contribution < 1.29 is 0 Å². The van der Waals surface area contributed by atoms with E-state index in [1.807, 2.05) is 0 Å². The summed E-state index contributed by atoms with van der Waals surface area (Å²) in [6.45, 7) is 11.8. The molecule has 0 atom stereocenters. The first-order valence-electron chi connectivity index (χ1n) is 12.3. The highest BCUT2D eigenvalue weighted by atomic mass is 79.9. The van der Waals surface area contributed by atoms with Gasteiger partial charge in [-0.15, -0.1) is 0 Å². The van der Waals surface area contributed by atoms with E-state index in [1.54, 1.807) is 5.57 Å². The average Bonchev–Trinajstić information content (AvgIpc) is 2.78. The van der Waals surface area contributed by atoms with Gasteiger partial charge in [-0.05, 0) is 108 Å². The third-order valence-corrected chi connectivity index (χ3v) is 8.75. The van der Waals surface area contributed by atoms with E-state index in [-0.39, 0.29) is 10.8 Å². The zero-order valence-corrected chi connectivity index (χ0v) is 22.3. The van der Waals surface area contributed by atoms with Crippen molar-refractivity contribution in [1.82, 2.24) is 0 Å². The molecule has 0 saturated carbocycles. The number of hydrogen-bond donors (Lipinski definition) is 0. The number of hydrogen-bond acceptors (Lipinski definition) is 0. The highest BCUT2D eigenvalue weighted by molar-refractivity contribution is 9.10. The molecule has 0 nitrogen and oxygen atoms in total. The van der Waals surface area contributed by atoms with Crippen LogP contribution in [-0.2, 0) is 5.41 Å². The van der Waals surface area contributed by atoms with Crippen molar-refractivity contribution in [1.29, 1.82) is 0 Å². The second-order valence-electron chi connectivity index (χ2n) is 11.6. The van der Waals surface area contributed by atoms with Gasteiger partial charge in [-0.1, -0.05) is 100 Å². The largest absolute Gasteiger partial charge is 0.0779 e. The SMILES string of the molecule is Cc1cc2c3c(ccc2cc1-c1ccc2ccccc2c1Br)C1=C(CC(C)(C)C=C1)CC3(C)C. The highest BCUT2D eigenvalue weighted by Crippen LogP contribution is 2.51. The van der Waals surface area contributed by atoms with Gasteiger partial charge in [0.1, 0.15) is 0 Å². The number of fused-ring (bicyclic) bond motifs is 5. The first kappa shape index (κ1) is 21.9. The molecule has 0 aliphatic heterocycles. The zero-order chi connectivity index (χ0) is 23.8. The third-order valence-electron chi connectivity index (χ3n) is 7.89. The van der Waals surface area contributed by atoms with Crippen LogP contribution in [0.4, 0.5) is 0 Å². The first-order valence-corrected chi connectivity index (χ1v) is 13.1. The van der Waals surface area contributed by atoms with Crippen molar-refractivity contribution in [2.45, 2.75) is 52.9 Å². The maximum atomic E-state index is 3.93. The molecular weight excluding hydrogens is 476 g/mol. The Kier molecular flexibility index (Phi) is 4.78. The fourth-order valence-electron chi connectivity index (χ4n) is 6.36. The normalized spacial score (nSPS) is 18.3. The Morgan fingerprint density at radius 2 is 1.47 bits per heavy atom. The van der Waals surface area contributed by atoms with Gasteiger partial charge < -0.3 is 0 Å². The van der Waals surface area contributed by atoms with Gasteiger partial charge in [-0.2, -0.15) is 0 Å². The van der Waals surface area contributed by atoms with Crippen LogP contribution in [0.5, 0.6) is 0 Å². The summed E-state index contributed by atoms with van der Waals surface area (Å²) < 4.78 is 1.18. The standard InChI is InChI=1S/C33H31Br/c1-20-16-29-22(17-28(20)27-13-10-21-8-6-7-9-25(21)31(27)34)11-12-26-24-14-15-32(2,3)18-23(24)19-33(4,5)30(26)29/h6-17H,18-19H2,1-5H3. The smallest absolute Gasteiger partial charge is 0.0332 e. The summed E-state index contributed by atoms with van der Waals surface area (Å²) in [5, 5.41) is 5.26. The van der Waals surface area contributed by atoms with Crippen molar-refractivity contribution in [3.05, 3.63) is 99.6 Å². The van der Waals surface area contributed by atoms with Crippen LogP contribution in [0.1, 0.15) is 57.2 Å². The van der Waals surface area contributed by atoms with Gasteiger partial charge in [-0.3, -0.25) is 0 Å².